The van der Waals surface area contributed by atoms with Gasteiger partial charge in [0.1, 0.15) is 12.4 Å². The molecule has 0 N–H and O–H groups in total. The van der Waals surface area contributed by atoms with Crippen LogP contribution < -0.4 is 0 Å². The van der Waals surface area contributed by atoms with E-state index in [1.807, 2.05) is 4.90 Å². The second kappa shape index (κ2) is 10.2. The Hall–Kier alpha value is -3.25. The lowest BCUT2D eigenvalue weighted by Gasteiger charge is -2.37. The fraction of sp³-hybridized carbons (Fsp3) is 0.310. The minimum absolute atomic E-state index is 0.0341. The molecule has 182 valence electrons. The molecular weight excluding hydrogens is 459 g/mol. The molecule has 0 aliphatic carbocycles. The molecule has 1 atom stereocenters. The third kappa shape index (κ3) is 5.22. The van der Waals surface area contributed by atoms with Gasteiger partial charge < -0.3 is 9.80 Å². The average Bonchev–Trinajstić information content (AvgIpc) is 3.31. The molecule has 35 heavy (non-hydrogen) atoms. The summed E-state index contributed by atoms with van der Waals surface area (Å²) in [6, 6.07) is 16.2. The number of benzene rings is 2. The van der Waals surface area contributed by atoms with Gasteiger partial charge in [-0.2, -0.15) is 0 Å². The average molecular weight is 491 g/mol. The Morgan fingerprint density at radius 1 is 1.14 bits per heavy atom. The highest BCUT2D eigenvalue weighted by Crippen LogP contribution is 2.38. The Bertz CT molecular complexity index is 1230. The van der Waals surface area contributed by atoms with Gasteiger partial charge in [0, 0.05) is 18.0 Å². The lowest BCUT2D eigenvalue weighted by Crippen LogP contribution is -2.47. The smallest absolute Gasteiger partial charge is 0.257 e. The SMILES string of the molecule is C=CCN(CC(=O)N1CCc2sccc2C1c1ccc(C(C)(C)C)cc1)C(=O)c1ccccc1F. The molecule has 0 spiro atoms. The van der Waals surface area contributed by atoms with E-state index in [-0.39, 0.29) is 36.0 Å². The topological polar surface area (TPSA) is 40.6 Å². The summed E-state index contributed by atoms with van der Waals surface area (Å²) in [5, 5.41) is 2.07. The number of hydrogen-bond donors (Lipinski definition) is 0. The first-order chi connectivity index (χ1) is 16.7. The maximum atomic E-state index is 14.3. The molecule has 1 unspecified atom stereocenters. The summed E-state index contributed by atoms with van der Waals surface area (Å²) in [7, 11) is 0. The standard InChI is InChI=1S/C29H31FN2O2S/c1-5-16-31(28(34)22-8-6-7-9-24(22)30)19-26(33)32-17-14-25-23(15-18-35-25)27(32)20-10-12-21(13-11-20)29(2,3)4/h5-13,15,18,27H,1,14,16-17,19H2,2-4H3. The van der Waals surface area contributed by atoms with E-state index in [0.29, 0.717) is 6.54 Å². The molecular formula is C29H31FN2O2S. The van der Waals surface area contributed by atoms with Crippen LogP contribution in [0.3, 0.4) is 0 Å². The molecule has 2 aromatic carbocycles. The Balaban J connectivity index is 1.63. The van der Waals surface area contributed by atoms with Crippen LogP contribution in [0.4, 0.5) is 4.39 Å². The summed E-state index contributed by atoms with van der Waals surface area (Å²) in [5.41, 5.74) is 3.39. The van der Waals surface area contributed by atoms with Crippen molar-refractivity contribution in [2.45, 2.75) is 38.6 Å². The van der Waals surface area contributed by atoms with Crippen LogP contribution in [0.15, 0.2) is 72.6 Å². The molecule has 1 aromatic heterocycles. The van der Waals surface area contributed by atoms with Crippen molar-refractivity contribution >= 4 is 23.2 Å². The molecule has 2 amide bonds. The van der Waals surface area contributed by atoms with E-state index >= 15 is 0 Å². The lowest BCUT2D eigenvalue weighted by molar-refractivity contribution is -0.133. The zero-order valence-corrected chi connectivity index (χ0v) is 21.3. The van der Waals surface area contributed by atoms with Crippen molar-refractivity contribution in [3.8, 4) is 0 Å². The number of carbonyl (C=O) groups is 2. The Morgan fingerprint density at radius 3 is 2.51 bits per heavy atom. The van der Waals surface area contributed by atoms with Gasteiger partial charge in [0.2, 0.25) is 5.91 Å². The molecule has 2 heterocycles. The number of thiophene rings is 1. The first-order valence-electron chi connectivity index (χ1n) is 11.8. The number of rotatable bonds is 6. The van der Waals surface area contributed by atoms with Crippen LogP contribution in [0.1, 0.15) is 58.7 Å². The highest BCUT2D eigenvalue weighted by Gasteiger charge is 2.34. The Morgan fingerprint density at radius 2 is 1.86 bits per heavy atom. The van der Waals surface area contributed by atoms with Crippen molar-refractivity contribution in [1.29, 1.82) is 0 Å². The zero-order valence-electron chi connectivity index (χ0n) is 20.5. The van der Waals surface area contributed by atoms with E-state index in [2.05, 4.69) is 63.1 Å². The van der Waals surface area contributed by atoms with Crippen LogP contribution in [0.5, 0.6) is 0 Å². The summed E-state index contributed by atoms with van der Waals surface area (Å²) < 4.78 is 14.3. The van der Waals surface area contributed by atoms with Gasteiger partial charge in [0.25, 0.3) is 5.91 Å². The van der Waals surface area contributed by atoms with E-state index in [1.54, 1.807) is 23.5 Å². The van der Waals surface area contributed by atoms with Crippen molar-refractivity contribution < 1.29 is 14.0 Å². The fourth-order valence-corrected chi connectivity index (χ4v) is 5.45. The van der Waals surface area contributed by atoms with Crippen LogP contribution in [0.25, 0.3) is 0 Å². The summed E-state index contributed by atoms with van der Waals surface area (Å²) in [6.45, 7) is 10.8. The van der Waals surface area contributed by atoms with Crippen LogP contribution >= 0.6 is 11.3 Å². The molecule has 0 radical (unpaired) electrons. The molecule has 4 nitrogen and oxygen atoms in total. The predicted octanol–water partition coefficient (Wildman–Crippen LogP) is 5.99. The minimum atomic E-state index is -0.600. The normalized spacial score (nSPS) is 15.4. The summed E-state index contributed by atoms with van der Waals surface area (Å²) in [6.07, 6.45) is 2.33. The van der Waals surface area contributed by atoms with Gasteiger partial charge in [-0.05, 0) is 52.1 Å². The maximum absolute atomic E-state index is 14.3. The van der Waals surface area contributed by atoms with Crippen molar-refractivity contribution in [2.24, 2.45) is 0 Å². The first-order valence-corrected chi connectivity index (χ1v) is 12.7. The second-order valence-electron chi connectivity index (χ2n) is 9.86. The van der Waals surface area contributed by atoms with Crippen LogP contribution in [0.2, 0.25) is 0 Å². The molecule has 0 saturated carbocycles. The first kappa shape index (κ1) is 24.9. The number of halogens is 1. The summed E-state index contributed by atoms with van der Waals surface area (Å²) in [5.74, 6) is -1.29. The van der Waals surface area contributed by atoms with Gasteiger partial charge in [-0.25, -0.2) is 4.39 Å². The molecule has 1 aliphatic heterocycles. The summed E-state index contributed by atoms with van der Waals surface area (Å²) in [4.78, 5) is 31.2. The van der Waals surface area contributed by atoms with E-state index in [4.69, 9.17) is 0 Å². The largest absolute Gasteiger partial charge is 0.330 e. The van der Waals surface area contributed by atoms with Crippen molar-refractivity contribution in [3.05, 3.63) is 106 Å². The molecule has 0 bridgehead atoms. The van der Waals surface area contributed by atoms with Gasteiger partial charge in [0.15, 0.2) is 0 Å². The van der Waals surface area contributed by atoms with E-state index in [9.17, 15) is 14.0 Å². The number of amides is 2. The van der Waals surface area contributed by atoms with Gasteiger partial charge in [-0.15, -0.1) is 17.9 Å². The molecule has 1 aliphatic rings. The zero-order chi connectivity index (χ0) is 25.2. The quantitative estimate of drug-likeness (QED) is 0.399. The maximum Gasteiger partial charge on any atom is 0.257 e. The van der Waals surface area contributed by atoms with E-state index in [1.165, 1.54) is 33.5 Å². The van der Waals surface area contributed by atoms with Crippen molar-refractivity contribution in [3.63, 3.8) is 0 Å². The van der Waals surface area contributed by atoms with Gasteiger partial charge in [0.05, 0.1) is 11.6 Å². The second-order valence-corrected chi connectivity index (χ2v) is 10.9. The number of hydrogen-bond acceptors (Lipinski definition) is 3. The third-order valence-electron chi connectivity index (χ3n) is 6.45. The lowest BCUT2D eigenvalue weighted by atomic mass is 9.85. The number of nitrogens with zero attached hydrogens (tertiary/aromatic N) is 2. The minimum Gasteiger partial charge on any atom is -0.330 e. The van der Waals surface area contributed by atoms with Gasteiger partial charge >= 0.3 is 0 Å². The monoisotopic (exact) mass is 490 g/mol. The highest BCUT2D eigenvalue weighted by atomic mass is 32.1. The van der Waals surface area contributed by atoms with Crippen molar-refractivity contribution in [2.75, 3.05) is 19.6 Å². The molecule has 3 aromatic rings. The van der Waals surface area contributed by atoms with E-state index in [0.717, 1.165) is 17.5 Å². The van der Waals surface area contributed by atoms with Gasteiger partial charge in [-0.3, -0.25) is 9.59 Å². The van der Waals surface area contributed by atoms with Crippen molar-refractivity contribution in [1.82, 2.24) is 9.80 Å². The molecule has 6 heteroatoms. The van der Waals surface area contributed by atoms with Crippen LogP contribution in [-0.4, -0.2) is 41.2 Å². The van der Waals surface area contributed by atoms with Crippen LogP contribution in [-0.2, 0) is 16.6 Å². The molecule has 4 rings (SSSR count). The third-order valence-corrected chi connectivity index (χ3v) is 7.44. The Labute approximate surface area is 210 Å². The van der Waals surface area contributed by atoms with E-state index < -0.39 is 11.7 Å². The number of fused-ring (bicyclic) bond motifs is 1. The number of carbonyl (C=O) groups excluding carboxylic acids is 2. The van der Waals surface area contributed by atoms with Gasteiger partial charge in [-0.1, -0.05) is 63.2 Å². The molecule has 0 fully saturated rings. The van der Waals surface area contributed by atoms with Crippen LogP contribution in [0, 0.1) is 5.82 Å². The molecule has 0 saturated heterocycles. The predicted molar refractivity (Wildman–Crippen MR) is 139 cm³/mol. The highest BCUT2D eigenvalue weighted by molar-refractivity contribution is 7.10. The Kier molecular flexibility index (Phi) is 7.22. The fourth-order valence-electron chi connectivity index (χ4n) is 4.54. The summed E-state index contributed by atoms with van der Waals surface area (Å²) >= 11 is 1.71.